The minimum Gasteiger partial charge on any atom is -0.768 e. The van der Waals surface area contributed by atoms with E-state index in [0.29, 0.717) is 11.5 Å². The van der Waals surface area contributed by atoms with E-state index < -0.39 is 11.1 Å². The summed E-state index contributed by atoms with van der Waals surface area (Å²) < 4.78 is 26.7. The van der Waals surface area contributed by atoms with Crippen LogP contribution in [0.2, 0.25) is 0 Å². The van der Waals surface area contributed by atoms with E-state index in [-0.39, 0.29) is 0 Å². The maximum absolute atomic E-state index is 10.6. The van der Waals surface area contributed by atoms with Crippen LogP contribution in [0.5, 0.6) is 5.75 Å². The fourth-order valence-electron chi connectivity index (χ4n) is 1.37. The predicted octanol–water partition coefficient (Wildman–Crippen LogP) is 2.88. The maximum Gasteiger partial charge on any atom is 0.119 e. The number of hydrogen-bond donors (Lipinski definition) is 0. The van der Waals surface area contributed by atoms with Crippen LogP contribution in [0, 0.1) is 0 Å². The Bertz CT molecular complexity index is 322. The predicted molar refractivity (Wildman–Crippen MR) is 63.3 cm³/mol. The lowest BCUT2D eigenvalue weighted by atomic mass is 10.2. The molecule has 3 nitrogen and oxygen atoms in total. The summed E-state index contributed by atoms with van der Waals surface area (Å²) in [6, 6.07) is 6.46. The molecule has 0 aromatic heterocycles. The third kappa shape index (κ3) is 4.77. The quantitative estimate of drug-likeness (QED) is 0.545. The van der Waals surface area contributed by atoms with E-state index in [1.54, 1.807) is 24.3 Å². The molecule has 0 spiro atoms. The van der Waals surface area contributed by atoms with Crippen molar-refractivity contribution in [2.45, 2.75) is 37.5 Å². The molecule has 0 aliphatic rings. The third-order valence-electron chi connectivity index (χ3n) is 2.28. The number of hydrogen-bond acceptors (Lipinski definition) is 3. The smallest absolute Gasteiger partial charge is 0.119 e. The van der Waals surface area contributed by atoms with Crippen LogP contribution in [-0.4, -0.2) is 15.4 Å². The molecule has 0 heterocycles. The van der Waals surface area contributed by atoms with Crippen LogP contribution in [0.15, 0.2) is 29.2 Å². The van der Waals surface area contributed by atoms with Gasteiger partial charge >= 0.3 is 0 Å². The van der Waals surface area contributed by atoms with Gasteiger partial charge in [0, 0.05) is 4.90 Å². The Morgan fingerprint density at radius 1 is 1.19 bits per heavy atom. The van der Waals surface area contributed by atoms with E-state index >= 15 is 0 Å². The lowest BCUT2D eigenvalue weighted by Crippen LogP contribution is -1.97. The molecule has 1 rings (SSSR count). The second-order valence-electron chi connectivity index (χ2n) is 3.62. The summed E-state index contributed by atoms with van der Waals surface area (Å²) in [7, 11) is 0. The van der Waals surface area contributed by atoms with E-state index in [1.165, 1.54) is 19.3 Å². The second-order valence-corrected chi connectivity index (χ2v) is 4.56. The molecule has 1 aromatic rings. The van der Waals surface area contributed by atoms with Crippen LogP contribution >= 0.6 is 0 Å². The zero-order valence-electron chi connectivity index (χ0n) is 9.48. The summed E-state index contributed by atoms with van der Waals surface area (Å²) >= 11 is -2.15. The van der Waals surface area contributed by atoms with Gasteiger partial charge in [-0.3, -0.25) is 4.21 Å². The van der Waals surface area contributed by atoms with Crippen molar-refractivity contribution in [1.29, 1.82) is 0 Å². The van der Waals surface area contributed by atoms with Crippen molar-refractivity contribution in [3.63, 3.8) is 0 Å². The van der Waals surface area contributed by atoms with Crippen LogP contribution in [-0.2, 0) is 11.1 Å². The molecule has 0 saturated carbocycles. The lowest BCUT2D eigenvalue weighted by Gasteiger charge is -2.08. The van der Waals surface area contributed by atoms with Gasteiger partial charge in [-0.15, -0.1) is 0 Å². The Morgan fingerprint density at radius 2 is 1.88 bits per heavy atom. The van der Waals surface area contributed by atoms with Crippen molar-refractivity contribution in [3.05, 3.63) is 24.3 Å². The molecule has 0 saturated heterocycles. The SMILES string of the molecule is CCCCCCOc1ccc(S(=O)[O-])cc1. The molecular weight excluding hydrogens is 224 g/mol. The summed E-state index contributed by atoms with van der Waals surface area (Å²) in [5, 5.41) is 0. The van der Waals surface area contributed by atoms with E-state index in [1.807, 2.05) is 0 Å². The van der Waals surface area contributed by atoms with Gasteiger partial charge in [-0.1, -0.05) is 26.2 Å². The summed E-state index contributed by atoms with van der Waals surface area (Å²) in [5.41, 5.74) is 0. The van der Waals surface area contributed by atoms with Gasteiger partial charge in [0.1, 0.15) is 5.75 Å². The molecule has 16 heavy (non-hydrogen) atoms. The van der Waals surface area contributed by atoms with Gasteiger partial charge in [0.25, 0.3) is 0 Å². The first kappa shape index (κ1) is 13.2. The molecule has 0 N–H and O–H groups in total. The monoisotopic (exact) mass is 241 g/mol. The van der Waals surface area contributed by atoms with E-state index in [0.717, 1.165) is 12.2 Å². The van der Waals surface area contributed by atoms with Gasteiger partial charge in [-0.25, -0.2) is 0 Å². The van der Waals surface area contributed by atoms with Crippen molar-refractivity contribution >= 4 is 11.1 Å². The third-order valence-corrected chi connectivity index (χ3v) is 2.94. The Labute approximate surface area is 99.1 Å². The zero-order valence-corrected chi connectivity index (χ0v) is 10.3. The Hall–Kier alpha value is -0.870. The highest BCUT2D eigenvalue weighted by Crippen LogP contribution is 2.14. The number of rotatable bonds is 7. The van der Waals surface area contributed by atoms with Crippen LogP contribution in [0.4, 0.5) is 0 Å². The number of benzene rings is 1. The molecule has 1 atom stereocenters. The van der Waals surface area contributed by atoms with Crippen molar-refractivity contribution in [3.8, 4) is 5.75 Å². The first-order valence-electron chi connectivity index (χ1n) is 5.56. The van der Waals surface area contributed by atoms with Gasteiger partial charge < -0.3 is 9.29 Å². The fraction of sp³-hybridized carbons (Fsp3) is 0.500. The molecule has 4 heteroatoms. The zero-order chi connectivity index (χ0) is 11.8. The molecule has 0 aliphatic heterocycles. The highest BCUT2D eigenvalue weighted by molar-refractivity contribution is 7.79. The standard InChI is InChI=1S/C12H18O3S/c1-2-3-4-5-10-15-11-6-8-12(9-7-11)16(13)14/h6-9H,2-5,10H2,1H3,(H,13,14)/p-1. The molecule has 1 aromatic carbocycles. The minimum absolute atomic E-state index is 0.290. The Balaban J connectivity index is 2.29. The largest absolute Gasteiger partial charge is 0.768 e. The van der Waals surface area contributed by atoms with E-state index in [4.69, 9.17) is 4.74 Å². The second kappa shape index (κ2) is 7.41. The molecule has 0 amide bonds. The molecule has 0 bridgehead atoms. The Kier molecular flexibility index (Phi) is 6.11. The van der Waals surface area contributed by atoms with Crippen LogP contribution in [0.3, 0.4) is 0 Å². The number of unbranched alkanes of at least 4 members (excludes halogenated alkanes) is 3. The lowest BCUT2D eigenvalue weighted by molar-refractivity contribution is 0.305. The first-order chi connectivity index (χ1) is 7.74. The van der Waals surface area contributed by atoms with Gasteiger partial charge in [-0.05, 0) is 41.8 Å². The van der Waals surface area contributed by atoms with Crippen molar-refractivity contribution in [2.75, 3.05) is 6.61 Å². The minimum atomic E-state index is -2.15. The van der Waals surface area contributed by atoms with Crippen molar-refractivity contribution in [2.24, 2.45) is 0 Å². The van der Waals surface area contributed by atoms with Crippen molar-refractivity contribution in [1.82, 2.24) is 0 Å². The maximum atomic E-state index is 10.6. The fourth-order valence-corrected chi connectivity index (χ4v) is 1.72. The highest BCUT2D eigenvalue weighted by Gasteiger charge is 1.95. The summed E-state index contributed by atoms with van der Waals surface area (Å²) in [5.74, 6) is 0.727. The molecular formula is C12H17O3S-. The first-order valence-corrected chi connectivity index (χ1v) is 6.63. The average Bonchev–Trinajstić information content (AvgIpc) is 2.29. The average molecular weight is 241 g/mol. The van der Waals surface area contributed by atoms with Crippen LogP contribution < -0.4 is 4.74 Å². The van der Waals surface area contributed by atoms with E-state index in [2.05, 4.69) is 6.92 Å². The van der Waals surface area contributed by atoms with Crippen LogP contribution in [0.1, 0.15) is 32.6 Å². The molecule has 0 fully saturated rings. The topological polar surface area (TPSA) is 49.4 Å². The normalized spacial score (nSPS) is 12.4. The molecule has 0 radical (unpaired) electrons. The van der Waals surface area contributed by atoms with Crippen LogP contribution in [0.25, 0.3) is 0 Å². The summed E-state index contributed by atoms with van der Waals surface area (Å²) in [4.78, 5) is 0.290. The molecule has 1 unspecified atom stereocenters. The van der Waals surface area contributed by atoms with Gasteiger partial charge in [0.15, 0.2) is 0 Å². The molecule has 90 valence electrons. The van der Waals surface area contributed by atoms with Gasteiger partial charge in [0.05, 0.1) is 6.61 Å². The summed E-state index contributed by atoms with van der Waals surface area (Å²) in [6.07, 6.45) is 4.67. The van der Waals surface area contributed by atoms with E-state index in [9.17, 15) is 8.76 Å². The van der Waals surface area contributed by atoms with Gasteiger partial charge in [-0.2, -0.15) is 0 Å². The van der Waals surface area contributed by atoms with Gasteiger partial charge in [0.2, 0.25) is 0 Å². The Morgan fingerprint density at radius 3 is 2.44 bits per heavy atom. The summed E-state index contributed by atoms with van der Waals surface area (Å²) in [6.45, 7) is 2.86. The number of ether oxygens (including phenoxy) is 1. The molecule has 0 aliphatic carbocycles. The van der Waals surface area contributed by atoms with Crippen molar-refractivity contribution < 1.29 is 13.5 Å². The highest BCUT2D eigenvalue weighted by atomic mass is 32.2.